The van der Waals surface area contributed by atoms with E-state index in [0.29, 0.717) is 5.56 Å². The molecule has 2 aliphatic heterocycles. The van der Waals surface area contributed by atoms with Gasteiger partial charge in [0.15, 0.2) is 0 Å². The minimum Gasteiger partial charge on any atom is -0.669 e. The maximum absolute atomic E-state index is 12.0. The summed E-state index contributed by atoms with van der Waals surface area (Å²) >= 11 is 1.10. The summed E-state index contributed by atoms with van der Waals surface area (Å²) in [6.45, 7) is -1.88. The van der Waals surface area contributed by atoms with Crippen LogP contribution in [0.4, 0.5) is 0 Å². The van der Waals surface area contributed by atoms with Crippen molar-refractivity contribution in [1.82, 2.24) is 4.90 Å². The fraction of sp³-hybridized carbons (Fsp3) is 0.467. The number of likely N-dealkylation sites (tertiary alicyclic amines) is 1. The minimum absolute atomic E-state index is 0. The second-order valence-corrected chi connectivity index (χ2v) is 7.31. The number of nitrogens with zero attached hydrogens (tertiary/aromatic N) is 1. The standard InChI is InChI=1S/C15H19BNO7S.2Na/c1-23-10-4-3-9-7-11(25-8-12(18)17-5-2-6-17)16(21,22)24-14(9)13(10)15(19)20;;/h3-4,11,21-22H,2,5-8H2,1H3,(H,19,20);;/q-1;2*+1/p-1/t11-;;/m0../s1. The van der Waals surface area contributed by atoms with Gasteiger partial charge in [0.1, 0.15) is 5.75 Å². The molecule has 0 unspecified atom stereocenters. The number of hydrogen-bond acceptors (Lipinski definition) is 8. The van der Waals surface area contributed by atoms with E-state index in [4.69, 9.17) is 9.39 Å². The molecule has 12 heteroatoms. The van der Waals surface area contributed by atoms with Crippen molar-refractivity contribution in [1.29, 1.82) is 0 Å². The number of carbonyl (C=O) groups is 2. The number of benzene rings is 1. The van der Waals surface area contributed by atoms with Gasteiger partial charge in [0.2, 0.25) is 5.91 Å². The van der Waals surface area contributed by atoms with Crippen molar-refractivity contribution in [2.45, 2.75) is 18.0 Å². The van der Waals surface area contributed by atoms with Crippen LogP contribution in [0, 0.1) is 0 Å². The number of methoxy groups -OCH3 is 1. The van der Waals surface area contributed by atoms with Crippen LogP contribution in [0.15, 0.2) is 12.1 Å². The Kier molecular flexibility index (Phi) is 9.52. The predicted molar refractivity (Wildman–Crippen MR) is 89.3 cm³/mol. The average molecular weight is 413 g/mol. The number of aromatic carboxylic acids is 1. The van der Waals surface area contributed by atoms with Crippen molar-refractivity contribution in [3.8, 4) is 11.5 Å². The van der Waals surface area contributed by atoms with E-state index >= 15 is 0 Å². The molecule has 0 aliphatic carbocycles. The Labute approximate surface area is 205 Å². The zero-order valence-electron chi connectivity index (χ0n) is 15.6. The fourth-order valence-corrected chi connectivity index (χ4v) is 4.05. The van der Waals surface area contributed by atoms with Gasteiger partial charge in [-0.15, -0.1) is 0 Å². The molecule has 2 aliphatic rings. The molecule has 0 bridgehead atoms. The summed E-state index contributed by atoms with van der Waals surface area (Å²) in [5.74, 6) is -1.62. The van der Waals surface area contributed by atoms with E-state index in [1.165, 1.54) is 13.2 Å². The zero-order valence-corrected chi connectivity index (χ0v) is 20.5. The molecule has 2 N–H and O–H groups in total. The first-order valence-electron chi connectivity index (χ1n) is 7.92. The Hall–Kier alpha value is 0.0949. The molecular weight excluding hydrogens is 395 g/mol. The molecule has 1 aromatic rings. The van der Waals surface area contributed by atoms with Gasteiger partial charge in [-0.1, -0.05) is 6.07 Å². The Morgan fingerprint density at radius 1 is 1.37 bits per heavy atom. The number of amides is 1. The SMILES string of the molecule is COc1ccc2c(c1C(=O)[O-])O[B-](O)(O)[C@@H](SCC(=O)N1CCC1)C2.[Na+].[Na+]. The van der Waals surface area contributed by atoms with E-state index in [2.05, 4.69) is 0 Å². The molecule has 0 aromatic heterocycles. The summed E-state index contributed by atoms with van der Waals surface area (Å²) in [6, 6.07) is 3.08. The first-order chi connectivity index (χ1) is 11.8. The molecule has 136 valence electrons. The third kappa shape index (κ3) is 5.37. The van der Waals surface area contributed by atoms with Crippen molar-refractivity contribution in [3.63, 3.8) is 0 Å². The molecule has 3 rings (SSSR count). The second kappa shape index (κ2) is 10.2. The first kappa shape index (κ1) is 25.1. The molecule has 1 fully saturated rings. The molecule has 1 saturated heterocycles. The van der Waals surface area contributed by atoms with Gasteiger partial charge in [-0.2, -0.15) is 11.8 Å². The van der Waals surface area contributed by atoms with Crippen LogP contribution in [-0.2, 0) is 11.2 Å². The third-order valence-electron chi connectivity index (χ3n) is 4.45. The Morgan fingerprint density at radius 2 is 2.04 bits per heavy atom. The van der Waals surface area contributed by atoms with Crippen LogP contribution < -0.4 is 73.6 Å². The van der Waals surface area contributed by atoms with Gasteiger partial charge in [-0.05, 0) is 29.6 Å². The van der Waals surface area contributed by atoms with Crippen LogP contribution in [0.2, 0.25) is 0 Å². The third-order valence-corrected chi connectivity index (χ3v) is 5.81. The van der Waals surface area contributed by atoms with Gasteiger partial charge in [0, 0.05) is 13.1 Å². The van der Waals surface area contributed by atoms with Gasteiger partial charge in [0.25, 0.3) is 0 Å². The zero-order chi connectivity index (χ0) is 18.2. The fourth-order valence-electron chi connectivity index (χ4n) is 2.91. The topological polar surface area (TPSA) is 119 Å². The van der Waals surface area contributed by atoms with Crippen LogP contribution >= 0.6 is 11.8 Å². The summed E-state index contributed by atoms with van der Waals surface area (Å²) in [5.41, 5.74) is 0.143. The molecule has 1 atom stereocenters. The van der Waals surface area contributed by atoms with Gasteiger partial charge in [-0.25, -0.2) is 0 Å². The van der Waals surface area contributed by atoms with Crippen LogP contribution in [0.5, 0.6) is 11.5 Å². The minimum atomic E-state index is -3.34. The first-order valence-corrected chi connectivity index (χ1v) is 8.97. The molecule has 0 radical (unpaired) electrons. The van der Waals surface area contributed by atoms with Gasteiger partial charge < -0.3 is 34.2 Å². The van der Waals surface area contributed by atoms with E-state index < -0.39 is 17.9 Å². The van der Waals surface area contributed by atoms with E-state index in [9.17, 15) is 24.7 Å². The summed E-state index contributed by atoms with van der Waals surface area (Å²) in [7, 11) is 1.30. The van der Waals surface area contributed by atoms with E-state index in [0.717, 1.165) is 31.3 Å². The van der Waals surface area contributed by atoms with E-state index in [1.54, 1.807) is 11.0 Å². The summed E-state index contributed by atoms with van der Waals surface area (Å²) < 4.78 is 10.2. The quantitative estimate of drug-likeness (QED) is 0.458. The summed E-state index contributed by atoms with van der Waals surface area (Å²) in [5, 5.41) is 31.2. The number of hydrogen-bond donors (Lipinski definition) is 2. The van der Waals surface area contributed by atoms with Gasteiger partial charge in [-0.3, -0.25) is 4.79 Å². The van der Waals surface area contributed by atoms with E-state index in [1.807, 2.05) is 0 Å². The number of carbonyl (C=O) groups excluding carboxylic acids is 2. The van der Waals surface area contributed by atoms with E-state index in [-0.39, 0.29) is 94.3 Å². The number of carboxylic acids is 1. The normalized spacial score (nSPS) is 19.4. The average Bonchev–Trinajstić information content (AvgIpc) is 2.49. The van der Waals surface area contributed by atoms with Crippen molar-refractivity contribution in [2.75, 3.05) is 26.0 Å². The number of rotatable bonds is 5. The van der Waals surface area contributed by atoms with Crippen LogP contribution in [0.3, 0.4) is 0 Å². The van der Waals surface area contributed by atoms with Gasteiger partial charge >= 0.3 is 65.9 Å². The molecule has 2 heterocycles. The van der Waals surface area contributed by atoms with Crippen LogP contribution in [-0.4, -0.2) is 64.7 Å². The number of thioether (sulfide) groups is 1. The monoisotopic (exact) mass is 413 g/mol. The molecule has 27 heavy (non-hydrogen) atoms. The smallest absolute Gasteiger partial charge is 0.669 e. The molecule has 0 spiro atoms. The molecular formula is C15H18BNNa2O7S. The van der Waals surface area contributed by atoms with Crippen molar-refractivity contribution in [3.05, 3.63) is 23.3 Å². The number of fused-ring (bicyclic) bond motifs is 1. The van der Waals surface area contributed by atoms with Crippen molar-refractivity contribution < 1.29 is 93.2 Å². The Bertz CT molecular complexity index is 718. The summed E-state index contributed by atoms with van der Waals surface area (Å²) in [4.78, 5) is 25.1. The molecule has 0 saturated carbocycles. The Morgan fingerprint density at radius 3 is 2.56 bits per heavy atom. The van der Waals surface area contributed by atoms with Gasteiger partial charge in [0.05, 0.1) is 30.1 Å². The number of ether oxygens (including phenoxy) is 1. The molecule has 1 amide bonds. The second-order valence-electron chi connectivity index (χ2n) is 6.08. The maximum Gasteiger partial charge on any atom is 1.00 e. The molecule has 1 aromatic carbocycles. The Balaban J connectivity index is 0.00000182. The molecule has 8 nitrogen and oxygen atoms in total. The van der Waals surface area contributed by atoms with Crippen LogP contribution in [0.25, 0.3) is 0 Å². The van der Waals surface area contributed by atoms with Crippen molar-refractivity contribution >= 4 is 30.4 Å². The number of carboxylic acid groups (broad SMARTS) is 1. The van der Waals surface area contributed by atoms with Crippen molar-refractivity contribution in [2.24, 2.45) is 0 Å². The van der Waals surface area contributed by atoms with Crippen LogP contribution in [0.1, 0.15) is 22.3 Å². The maximum atomic E-state index is 12.0. The predicted octanol–water partition coefficient (Wildman–Crippen LogP) is -7.20. The largest absolute Gasteiger partial charge is 1.00 e. The summed E-state index contributed by atoms with van der Waals surface area (Å²) in [6.07, 6.45) is 1.14.